The lowest BCUT2D eigenvalue weighted by molar-refractivity contribution is 0.190. The van der Waals surface area contributed by atoms with E-state index in [4.69, 9.17) is 17.3 Å². The molecule has 1 rings (SSSR count). The predicted molar refractivity (Wildman–Crippen MR) is 64.5 cm³/mol. The van der Waals surface area contributed by atoms with E-state index in [0.717, 1.165) is 4.88 Å². The SMILES string of the molecule is CN(C)C(N)=NCC(O)c1ccc(Cl)s1. The number of thiophene rings is 1. The molecule has 1 aromatic rings. The van der Waals surface area contributed by atoms with Crippen molar-refractivity contribution in [3.8, 4) is 0 Å². The number of guanidine groups is 1. The molecule has 0 bridgehead atoms. The van der Waals surface area contributed by atoms with E-state index in [-0.39, 0.29) is 6.54 Å². The van der Waals surface area contributed by atoms with E-state index in [0.29, 0.717) is 10.3 Å². The van der Waals surface area contributed by atoms with Gasteiger partial charge in [0.05, 0.1) is 10.9 Å². The summed E-state index contributed by atoms with van der Waals surface area (Å²) in [6, 6.07) is 3.54. The molecule has 0 aromatic carbocycles. The molecule has 15 heavy (non-hydrogen) atoms. The lowest BCUT2D eigenvalue weighted by atomic mass is 10.3. The minimum absolute atomic E-state index is 0.251. The van der Waals surface area contributed by atoms with Gasteiger partial charge in [-0.1, -0.05) is 11.6 Å². The summed E-state index contributed by atoms with van der Waals surface area (Å²) in [6.07, 6.45) is -0.638. The maximum atomic E-state index is 9.74. The normalized spacial score (nSPS) is 14.0. The highest BCUT2D eigenvalue weighted by Crippen LogP contribution is 2.26. The second-order valence-corrected chi connectivity index (χ2v) is 5.00. The van der Waals surface area contributed by atoms with Crippen LogP contribution in [0.1, 0.15) is 11.0 Å². The van der Waals surface area contributed by atoms with Gasteiger partial charge in [0.15, 0.2) is 5.96 Å². The second-order valence-electron chi connectivity index (χ2n) is 3.25. The van der Waals surface area contributed by atoms with Crippen molar-refractivity contribution in [1.82, 2.24) is 4.90 Å². The van der Waals surface area contributed by atoms with Crippen LogP contribution in [0.3, 0.4) is 0 Å². The van der Waals surface area contributed by atoms with Crippen molar-refractivity contribution in [2.24, 2.45) is 10.7 Å². The largest absolute Gasteiger partial charge is 0.386 e. The molecule has 0 amide bonds. The van der Waals surface area contributed by atoms with Gasteiger partial charge in [-0.2, -0.15) is 0 Å². The molecule has 4 nitrogen and oxygen atoms in total. The van der Waals surface area contributed by atoms with Crippen LogP contribution >= 0.6 is 22.9 Å². The fourth-order valence-corrected chi connectivity index (χ4v) is 1.96. The average molecular weight is 248 g/mol. The number of rotatable bonds is 3. The standard InChI is InChI=1S/C9H14ClN3OS/c1-13(2)9(11)12-5-6(14)7-3-4-8(10)15-7/h3-4,6,14H,5H2,1-2H3,(H2,11,12). The Morgan fingerprint density at radius 1 is 1.67 bits per heavy atom. The van der Waals surface area contributed by atoms with Crippen LogP contribution in [0.2, 0.25) is 4.34 Å². The van der Waals surface area contributed by atoms with Crippen LogP contribution in [0.15, 0.2) is 17.1 Å². The van der Waals surface area contributed by atoms with Crippen LogP contribution in [0.5, 0.6) is 0 Å². The molecule has 0 saturated carbocycles. The van der Waals surface area contributed by atoms with Crippen molar-refractivity contribution in [3.63, 3.8) is 0 Å². The molecule has 1 atom stereocenters. The van der Waals surface area contributed by atoms with Gasteiger partial charge in [0, 0.05) is 19.0 Å². The Labute approximate surface area is 98.0 Å². The van der Waals surface area contributed by atoms with E-state index in [1.54, 1.807) is 31.1 Å². The molecule has 0 aliphatic rings. The lowest BCUT2D eigenvalue weighted by Gasteiger charge is -2.11. The summed E-state index contributed by atoms with van der Waals surface area (Å²) < 4.78 is 0.661. The lowest BCUT2D eigenvalue weighted by Crippen LogP contribution is -2.30. The molecule has 0 aliphatic carbocycles. The Hall–Kier alpha value is -0.780. The van der Waals surface area contributed by atoms with Crippen LogP contribution in [0.4, 0.5) is 0 Å². The van der Waals surface area contributed by atoms with E-state index in [1.165, 1.54) is 11.3 Å². The molecule has 1 aromatic heterocycles. The first-order chi connectivity index (χ1) is 7.00. The van der Waals surface area contributed by atoms with Crippen LogP contribution in [0, 0.1) is 0 Å². The van der Waals surface area contributed by atoms with Gasteiger partial charge < -0.3 is 15.7 Å². The Kier molecular flexibility index (Phi) is 4.38. The quantitative estimate of drug-likeness (QED) is 0.626. The Morgan fingerprint density at radius 3 is 2.80 bits per heavy atom. The highest BCUT2D eigenvalue weighted by molar-refractivity contribution is 7.16. The number of aliphatic hydroxyl groups excluding tert-OH is 1. The maximum absolute atomic E-state index is 9.74. The second kappa shape index (κ2) is 5.34. The molecular formula is C9H14ClN3OS. The Bertz CT molecular complexity index is 351. The minimum Gasteiger partial charge on any atom is -0.386 e. The number of nitrogens with zero attached hydrogens (tertiary/aromatic N) is 2. The fourth-order valence-electron chi connectivity index (χ4n) is 0.919. The predicted octanol–water partition coefficient (Wildman–Crippen LogP) is 1.31. The van der Waals surface area contributed by atoms with Gasteiger partial charge in [-0.15, -0.1) is 11.3 Å². The number of halogens is 1. The van der Waals surface area contributed by atoms with Gasteiger partial charge in [0.2, 0.25) is 0 Å². The van der Waals surface area contributed by atoms with Gasteiger partial charge in [-0.05, 0) is 12.1 Å². The summed E-state index contributed by atoms with van der Waals surface area (Å²) >= 11 is 7.10. The number of nitrogens with two attached hydrogens (primary N) is 1. The smallest absolute Gasteiger partial charge is 0.190 e. The van der Waals surface area contributed by atoms with Gasteiger partial charge in [0.1, 0.15) is 6.10 Å². The summed E-state index contributed by atoms with van der Waals surface area (Å²) in [5, 5.41) is 9.74. The zero-order valence-corrected chi connectivity index (χ0v) is 10.2. The molecule has 0 saturated heterocycles. The first-order valence-corrected chi connectivity index (χ1v) is 5.60. The molecule has 0 spiro atoms. The van der Waals surface area contributed by atoms with E-state index in [9.17, 15) is 5.11 Å². The van der Waals surface area contributed by atoms with E-state index >= 15 is 0 Å². The first-order valence-electron chi connectivity index (χ1n) is 4.41. The third-order valence-electron chi connectivity index (χ3n) is 1.81. The van der Waals surface area contributed by atoms with Crippen molar-refractivity contribution in [3.05, 3.63) is 21.3 Å². The van der Waals surface area contributed by atoms with Crippen molar-refractivity contribution in [2.75, 3.05) is 20.6 Å². The topological polar surface area (TPSA) is 61.8 Å². The van der Waals surface area contributed by atoms with E-state index < -0.39 is 6.10 Å². The van der Waals surface area contributed by atoms with Crippen molar-refractivity contribution in [2.45, 2.75) is 6.10 Å². The molecule has 0 fully saturated rings. The Balaban J connectivity index is 2.57. The Morgan fingerprint density at radius 2 is 2.33 bits per heavy atom. The first kappa shape index (κ1) is 12.3. The molecule has 3 N–H and O–H groups in total. The van der Waals surface area contributed by atoms with Crippen molar-refractivity contribution < 1.29 is 5.11 Å². The van der Waals surface area contributed by atoms with Gasteiger partial charge in [0.25, 0.3) is 0 Å². The summed E-state index contributed by atoms with van der Waals surface area (Å²) in [7, 11) is 3.60. The molecule has 84 valence electrons. The fraction of sp³-hybridized carbons (Fsp3) is 0.444. The minimum atomic E-state index is -0.638. The van der Waals surface area contributed by atoms with E-state index in [2.05, 4.69) is 4.99 Å². The van der Waals surface area contributed by atoms with Crippen molar-refractivity contribution in [1.29, 1.82) is 0 Å². The number of aliphatic hydroxyl groups is 1. The molecule has 0 aliphatic heterocycles. The molecule has 6 heteroatoms. The van der Waals surface area contributed by atoms with Gasteiger partial charge in [-0.3, -0.25) is 4.99 Å². The summed E-state index contributed by atoms with van der Waals surface area (Å²) in [5.74, 6) is 0.400. The molecule has 0 radical (unpaired) electrons. The number of hydrogen-bond donors (Lipinski definition) is 2. The molecular weight excluding hydrogens is 234 g/mol. The van der Waals surface area contributed by atoms with Gasteiger partial charge in [-0.25, -0.2) is 0 Å². The van der Waals surface area contributed by atoms with Crippen LogP contribution in [-0.2, 0) is 0 Å². The highest BCUT2D eigenvalue weighted by Gasteiger charge is 2.09. The summed E-state index contributed by atoms with van der Waals surface area (Å²) in [6.45, 7) is 0.251. The summed E-state index contributed by atoms with van der Waals surface area (Å²) in [4.78, 5) is 6.53. The number of hydrogen-bond acceptors (Lipinski definition) is 3. The van der Waals surface area contributed by atoms with Crippen LogP contribution in [-0.4, -0.2) is 36.6 Å². The zero-order valence-electron chi connectivity index (χ0n) is 8.64. The highest BCUT2D eigenvalue weighted by atomic mass is 35.5. The molecule has 1 unspecified atom stereocenters. The monoisotopic (exact) mass is 247 g/mol. The van der Waals surface area contributed by atoms with Crippen LogP contribution < -0.4 is 5.73 Å². The number of aliphatic imine (C=N–C) groups is 1. The molecule has 1 heterocycles. The van der Waals surface area contributed by atoms with Crippen LogP contribution in [0.25, 0.3) is 0 Å². The third-order valence-corrected chi connectivity index (χ3v) is 3.14. The van der Waals surface area contributed by atoms with E-state index in [1.807, 2.05) is 0 Å². The summed E-state index contributed by atoms with van der Waals surface area (Å²) in [5.41, 5.74) is 5.59. The van der Waals surface area contributed by atoms with Crippen molar-refractivity contribution >= 4 is 28.9 Å². The van der Waals surface area contributed by atoms with Gasteiger partial charge >= 0.3 is 0 Å². The maximum Gasteiger partial charge on any atom is 0.190 e. The third kappa shape index (κ3) is 3.70. The zero-order chi connectivity index (χ0) is 11.4. The average Bonchev–Trinajstić information content (AvgIpc) is 2.60.